The van der Waals surface area contributed by atoms with Crippen LogP contribution in [0.1, 0.15) is 23.5 Å². The molecule has 1 aliphatic carbocycles. The summed E-state index contributed by atoms with van der Waals surface area (Å²) in [6.45, 7) is 0.715. The summed E-state index contributed by atoms with van der Waals surface area (Å²) in [5, 5.41) is 4.83. The van der Waals surface area contributed by atoms with Crippen molar-refractivity contribution in [2.24, 2.45) is 5.92 Å². The first-order valence-corrected chi connectivity index (χ1v) is 7.18. The predicted octanol–water partition coefficient (Wildman–Crippen LogP) is 1.96. The van der Waals surface area contributed by atoms with E-state index >= 15 is 0 Å². The molecule has 3 atom stereocenters. The molecule has 1 aliphatic heterocycles. The van der Waals surface area contributed by atoms with Crippen LogP contribution < -0.4 is 5.32 Å². The molecule has 1 saturated heterocycles. The molecule has 0 amide bonds. The van der Waals surface area contributed by atoms with Crippen molar-refractivity contribution in [3.8, 4) is 0 Å². The molecule has 20 heavy (non-hydrogen) atoms. The zero-order valence-corrected chi connectivity index (χ0v) is 11.5. The number of fused-ring (bicyclic) bond motifs is 3. The van der Waals surface area contributed by atoms with Gasteiger partial charge in [-0.15, -0.1) is 0 Å². The molecule has 104 valence electrons. The lowest BCUT2D eigenvalue weighted by Crippen LogP contribution is -2.46. The third-order valence-electron chi connectivity index (χ3n) is 4.84. The lowest BCUT2D eigenvalue weighted by Gasteiger charge is -2.34. The molecule has 2 aliphatic rings. The highest BCUT2D eigenvalue weighted by Gasteiger charge is 2.39. The van der Waals surface area contributed by atoms with E-state index in [0.717, 1.165) is 12.8 Å². The quantitative estimate of drug-likeness (QED) is 0.779. The van der Waals surface area contributed by atoms with Gasteiger partial charge in [0.15, 0.2) is 0 Å². The van der Waals surface area contributed by atoms with E-state index in [2.05, 4.69) is 34.7 Å². The number of esters is 1. The molecule has 0 radical (unpaired) electrons. The average molecular weight is 270 g/mol. The van der Waals surface area contributed by atoms with Crippen LogP contribution in [0.5, 0.6) is 0 Å². The van der Waals surface area contributed by atoms with Gasteiger partial charge in [0.05, 0.1) is 13.0 Å². The van der Waals surface area contributed by atoms with E-state index in [0.29, 0.717) is 12.6 Å². The molecular formula is C16H18N2O2. The van der Waals surface area contributed by atoms with Crippen LogP contribution in [0.25, 0.3) is 10.9 Å². The summed E-state index contributed by atoms with van der Waals surface area (Å²) in [5.41, 5.74) is 3.84. The number of carbonyl (C=O) groups excluding carboxylic acids is 1. The lowest BCUT2D eigenvalue weighted by atomic mass is 9.78. The minimum absolute atomic E-state index is 0.0808. The van der Waals surface area contributed by atoms with Crippen LogP contribution >= 0.6 is 0 Å². The molecule has 0 spiro atoms. The van der Waals surface area contributed by atoms with Crippen LogP contribution in [0, 0.1) is 5.92 Å². The van der Waals surface area contributed by atoms with Crippen LogP contribution in [0.15, 0.2) is 24.4 Å². The summed E-state index contributed by atoms with van der Waals surface area (Å²) in [5.74, 6) is 0.0779. The zero-order chi connectivity index (χ0) is 13.7. The first-order chi connectivity index (χ1) is 9.78. The Morgan fingerprint density at radius 2 is 2.30 bits per heavy atom. The van der Waals surface area contributed by atoms with Gasteiger partial charge in [-0.3, -0.25) is 4.79 Å². The maximum absolute atomic E-state index is 12.1. The van der Waals surface area contributed by atoms with Crippen molar-refractivity contribution in [1.82, 2.24) is 10.3 Å². The number of rotatable bonds is 1. The standard InChI is InChI=1S/C16H18N2O2/c1-20-16(19)13-8-17-10-5-9-7-18-14-4-2-3-11(15(9)14)12(13)6-10/h2-4,7,10,12-13,17-18H,5-6,8H2,1H3/t10-,12-,13-/m0/s1. The van der Waals surface area contributed by atoms with Gasteiger partial charge in [0.2, 0.25) is 0 Å². The Morgan fingerprint density at radius 3 is 3.15 bits per heavy atom. The minimum atomic E-state index is -0.100. The number of hydrogen-bond acceptors (Lipinski definition) is 3. The second-order valence-corrected chi connectivity index (χ2v) is 5.86. The van der Waals surface area contributed by atoms with Crippen LogP contribution in [-0.4, -0.2) is 30.6 Å². The lowest BCUT2D eigenvalue weighted by molar-refractivity contribution is -0.146. The molecule has 4 heteroatoms. The number of methoxy groups -OCH3 is 1. The number of H-pyrrole nitrogens is 1. The van der Waals surface area contributed by atoms with Crippen LogP contribution in [0.3, 0.4) is 0 Å². The Hall–Kier alpha value is -1.81. The van der Waals surface area contributed by atoms with Gasteiger partial charge in [-0.05, 0) is 30.0 Å². The maximum atomic E-state index is 12.1. The highest BCUT2D eigenvalue weighted by atomic mass is 16.5. The molecule has 4 rings (SSSR count). The van der Waals surface area contributed by atoms with Gasteiger partial charge in [0, 0.05) is 35.6 Å². The number of nitrogens with one attached hydrogen (secondary N) is 2. The Morgan fingerprint density at radius 1 is 1.40 bits per heavy atom. The highest BCUT2D eigenvalue weighted by Crippen LogP contribution is 2.41. The molecule has 0 unspecified atom stereocenters. The Labute approximate surface area is 117 Å². The normalized spacial score (nSPS) is 28.1. The van der Waals surface area contributed by atoms with E-state index < -0.39 is 0 Å². The van der Waals surface area contributed by atoms with Gasteiger partial charge in [-0.2, -0.15) is 0 Å². The number of aromatic nitrogens is 1. The summed E-state index contributed by atoms with van der Waals surface area (Å²) in [6.07, 6.45) is 4.15. The van der Waals surface area contributed by atoms with Gasteiger partial charge >= 0.3 is 5.97 Å². The Balaban J connectivity index is 1.90. The smallest absolute Gasteiger partial charge is 0.310 e. The van der Waals surface area contributed by atoms with E-state index in [1.165, 1.54) is 29.1 Å². The molecule has 1 fully saturated rings. The highest BCUT2D eigenvalue weighted by molar-refractivity contribution is 5.88. The number of benzene rings is 1. The summed E-state index contributed by atoms with van der Waals surface area (Å²) in [4.78, 5) is 15.4. The minimum Gasteiger partial charge on any atom is -0.469 e. The van der Waals surface area contributed by atoms with Crippen molar-refractivity contribution in [2.75, 3.05) is 13.7 Å². The fourth-order valence-corrected chi connectivity index (χ4v) is 3.91. The number of carbonyl (C=O) groups is 1. The van der Waals surface area contributed by atoms with E-state index in [1.807, 2.05) is 0 Å². The van der Waals surface area contributed by atoms with Gasteiger partial charge in [0.25, 0.3) is 0 Å². The third-order valence-corrected chi connectivity index (χ3v) is 4.84. The summed E-state index contributed by atoms with van der Waals surface area (Å²) >= 11 is 0. The van der Waals surface area contributed by atoms with Crippen LogP contribution in [0.4, 0.5) is 0 Å². The number of hydrogen-bond donors (Lipinski definition) is 2. The maximum Gasteiger partial charge on any atom is 0.310 e. The zero-order valence-electron chi connectivity index (χ0n) is 11.5. The topological polar surface area (TPSA) is 54.1 Å². The van der Waals surface area contributed by atoms with Crippen LogP contribution in [0.2, 0.25) is 0 Å². The van der Waals surface area contributed by atoms with Gasteiger partial charge in [-0.1, -0.05) is 12.1 Å². The Kier molecular flexibility index (Phi) is 2.60. The van der Waals surface area contributed by atoms with Crippen molar-refractivity contribution in [3.63, 3.8) is 0 Å². The van der Waals surface area contributed by atoms with Crippen molar-refractivity contribution in [2.45, 2.75) is 24.8 Å². The number of ether oxygens (including phenoxy) is 1. The van der Waals surface area contributed by atoms with E-state index in [9.17, 15) is 4.79 Å². The van der Waals surface area contributed by atoms with E-state index in [-0.39, 0.29) is 17.8 Å². The van der Waals surface area contributed by atoms with Crippen molar-refractivity contribution in [3.05, 3.63) is 35.5 Å². The number of aromatic amines is 1. The largest absolute Gasteiger partial charge is 0.469 e. The first-order valence-electron chi connectivity index (χ1n) is 7.18. The van der Waals surface area contributed by atoms with Crippen molar-refractivity contribution >= 4 is 16.9 Å². The fourth-order valence-electron chi connectivity index (χ4n) is 3.91. The van der Waals surface area contributed by atoms with Gasteiger partial charge < -0.3 is 15.0 Å². The fraction of sp³-hybridized carbons (Fsp3) is 0.438. The molecule has 1 aromatic heterocycles. The SMILES string of the molecule is COC(=O)[C@H]1CN[C@H]2Cc3c[nH]c4cccc(c34)[C@@H]1C2. The second kappa shape index (κ2) is 4.35. The molecule has 2 N–H and O–H groups in total. The summed E-state index contributed by atoms with van der Waals surface area (Å²) < 4.78 is 5.00. The predicted molar refractivity (Wildman–Crippen MR) is 76.7 cm³/mol. The molecule has 1 aromatic carbocycles. The van der Waals surface area contributed by atoms with E-state index in [1.54, 1.807) is 0 Å². The monoisotopic (exact) mass is 270 g/mol. The molecule has 0 saturated carbocycles. The third kappa shape index (κ3) is 1.61. The summed E-state index contributed by atoms with van der Waals surface area (Å²) in [7, 11) is 1.48. The van der Waals surface area contributed by atoms with Crippen LogP contribution in [-0.2, 0) is 16.0 Å². The molecule has 4 nitrogen and oxygen atoms in total. The molecular weight excluding hydrogens is 252 g/mol. The molecule has 2 heterocycles. The second-order valence-electron chi connectivity index (χ2n) is 5.86. The van der Waals surface area contributed by atoms with Crippen molar-refractivity contribution < 1.29 is 9.53 Å². The van der Waals surface area contributed by atoms with Crippen molar-refractivity contribution in [1.29, 1.82) is 0 Å². The summed E-state index contributed by atoms with van der Waals surface area (Å²) in [6, 6.07) is 6.81. The Bertz CT molecular complexity index is 676. The van der Waals surface area contributed by atoms with Gasteiger partial charge in [-0.25, -0.2) is 0 Å². The first kappa shape index (κ1) is 12.0. The average Bonchev–Trinajstić information content (AvgIpc) is 2.84. The van der Waals surface area contributed by atoms with E-state index in [4.69, 9.17) is 4.74 Å². The number of piperidine rings is 1. The molecule has 2 bridgehead atoms. The van der Waals surface area contributed by atoms with Gasteiger partial charge in [0.1, 0.15) is 0 Å². The molecule has 2 aromatic rings.